The van der Waals surface area contributed by atoms with E-state index >= 15 is 0 Å². The van der Waals surface area contributed by atoms with Crippen molar-refractivity contribution in [3.8, 4) is 5.75 Å². The van der Waals surface area contributed by atoms with Crippen molar-refractivity contribution in [1.82, 2.24) is 16.0 Å². The smallest absolute Gasteiger partial charge is 0.251 e. The van der Waals surface area contributed by atoms with E-state index in [0.29, 0.717) is 31.2 Å². The third kappa shape index (κ3) is 7.31. The van der Waals surface area contributed by atoms with Gasteiger partial charge in [-0.1, -0.05) is 36.4 Å². The van der Waals surface area contributed by atoms with Crippen LogP contribution in [0.2, 0.25) is 0 Å². The number of rotatable bonds is 7. The van der Waals surface area contributed by atoms with E-state index in [2.05, 4.69) is 20.9 Å². The summed E-state index contributed by atoms with van der Waals surface area (Å²) in [5.41, 5.74) is 1.45. The second-order valence-electron chi connectivity index (χ2n) is 7.30. The first-order valence-electron chi connectivity index (χ1n) is 9.44. The fraction of sp³-hybridized carbons (Fsp3) is 0.364. The molecule has 6 nitrogen and oxygen atoms in total. The molecule has 0 saturated carbocycles. The molecular formula is C22H30N4O2. The molecule has 0 fully saturated rings. The Bertz CT molecular complexity index is 783. The fourth-order valence-corrected chi connectivity index (χ4v) is 2.53. The second kappa shape index (κ2) is 10.3. The van der Waals surface area contributed by atoms with Crippen molar-refractivity contribution < 1.29 is 9.53 Å². The summed E-state index contributed by atoms with van der Waals surface area (Å²) in [4.78, 5) is 16.2. The number of carbonyl (C=O) groups excluding carboxylic acids is 1. The van der Waals surface area contributed by atoms with E-state index in [0.717, 1.165) is 11.3 Å². The maximum absolute atomic E-state index is 12.0. The van der Waals surface area contributed by atoms with Crippen LogP contribution in [-0.4, -0.2) is 37.6 Å². The average molecular weight is 383 g/mol. The van der Waals surface area contributed by atoms with Gasteiger partial charge in [-0.2, -0.15) is 0 Å². The maximum atomic E-state index is 12.0. The van der Waals surface area contributed by atoms with Crippen LogP contribution < -0.4 is 20.7 Å². The van der Waals surface area contributed by atoms with Crippen LogP contribution >= 0.6 is 0 Å². The van der Waals surface area contributed by atoms with Crippen molar-refractivity contribution in [1.29, 1.82) is 0 Å². The molecule has 0 unspecified atom stereocenters. The third-order valence-electron chi connectivity index (χ3n) is 3.80. The molecule has 0 radical (unpaired) electrons. The monoisotopic (exact) mass is 382 g/mol. The molecule has 1 amide bonds. The minimum atomic E-state index is -0.257. The molecule has 0 saturated heterocycles. The predicted molar refractivity (Wildman–Crippen MR) is 114 cm³/mol. The minimum Gasteiger partial charge on any atom is -0.488 e. The van der Waals surface area contributed by atoms with E-state index in [-0.39, 0.29) is 11.5 Å². The highest BCUT2D eigenvalue weighted by molar-refractivity contribution is 5.94. The lowest BCUT2D eigenvalue weighted by Gasteiger charge is -2.23. The SMILES string of the molecule is CN=C(NCCNC(=O)c1ccccc1)NCc1ccccc1OC(C)(C)C. The number of amides is 1. The van der Waals surface area contributed by atoms with Crippen LogP contribution in [0.5, 0.6) is 5.75 Å². The van der Waals surface area contributed by atoms with Crippen molar-refractivity contribution >= 4 is 11.9 Å². The van der Waals surface area contributed by atoms with Gasteiger partial charge in [0.05, 0.1) is 0 Å². The Hall–Kier alpha value is -3.02. The predicted octanol–water partition coefficient (Wildman–Crippen LogP) is 2.96. The van der Waals surface area contributed by atoms with Crippen molar-refractivity contribution in [3.05, 3.63) is 65.7 Å². The molecule has 6 heteroatoms. The van der Waals surface area contributed by atoms with Crippen molar-refractivity contribution in [2.45, 2.75) is 32.9 Å². The molecule has 28 heavy (non-hydrogen) atoms. The summed E-state index contributed by atoms with van der Waals surface area (Å²) >= 11 is 0. The Balaban J connectivity index is 1.78. The van der Waals surface area contributed by atoms with Crippen LogP contribution in [0.25, 0.3) is 0 Å². The van der Waals surface area contributed by atoms with Crippen LogP contribution in [0, 0.1) is 0 Å². The molecular weight excluding hydrogens is 352 g/mol. The van der Waals surface area contributed by atoms with Gasteiger partial charge in [-0.05, 0) is 39.0 Å². The van der Waals surface area contributed by atoms with Gasteiger partial charge >= 0.3 is 0 Å². The molecule has 0 atom stereocenters. The molecule has 2 rings (SSSR count). The van der Waals surface area contributed by atoms with Gasteiger partial charge in [-0.15, -0.1) is 0 Å². The van der Waals surface area contributed by atoms with Gasteiger partial charge in [0, 0.05) is 37.8 Å². The molecule has 3 N–H and O–H groups in total. The average Bonchev–Trinajstić information content (AvgIpc) is 2.68. The van der Waals surface area contributed by atoms with Gasteiger partial charge < -0.3 is 20.7 Å². The van der Waals surface area contributed by atoms with E-state index in [1.165, 1.54) is 0 Å². The van der Waals surface area contributed by atoms with Crippen molar-refractivity contribution in [2.75, 3.05) is 20.1 Å². The number of aliphatic imine (C=N–C) groups is 1. The number of hydrogen-bond acceptors (Lipinski definition) is 3. The van der Waals surface area contributed by atoms with Crippen LogP contribution in [0.4, 0.5) is 0 Å². The van der Waals surface area contributed by atoms with E-state index in [9.17, 15) is 4.79 Å². The number of nitrogens with one attached hydrogen (secondary N) is 3. The molecule has 2 aromatic rings. The Morgan fingerprint density at radius 1 is 0.929 bits per heavy atom. The molecule has 150 valence electrons. The Kier molecular flexibility index (Phi) is 7.87. The largest absolute Gasteiger partial charge is 0.488 e. The molecule has 0 spiro atoms. The summed E-state index contributed by atoms with van der Waals surface area (Å²) in [5.74, 6) is 1.44. The Morgan fingerprint density at radius 3 is 2.25 bits per heavy atom. The molecule has 0 bridgehead atoms. The zero-order valence-corrected chi connectivity index (χ0v) is 17.1. The summed E-state index contributed by atoms with van der Waals surface area (Å²) in [5, 5.41) is 9.36. The van der Waals surface area contributed by atoms with Gasteiger partial charge in [0.15, 0.2) is 5.96 Å². The van der Waals surface area contributed by atoms with Crippen LogP contribution in [0.15, 0.2) is 59.6 Å². The van der Waals surface area contributed by atoms with E-state index in [4.69, 9.17) is 4.74 Å². The van der Waals surface area contributed by atoms with Crippen molar-refractivity contribution in [3.63, 3.8) is 0 Å². The highest BCUT2D eigenvalue weighted by Crippen LogP contribution is 2.22. The van der Waals surface area contributed by atoms with Crippen LogP contribution in [0.1, 0.15) is 36.7 Å². The lowest BCUT2D eigenvalue weighted by molar-refractivity contribution is 0.0954. The van der Waals surface area contributed by atoms with Gasteiger partial charge in [0.2, 0.25) is 0 Å². The quantitative estimate of drug-likeness (QED) is 0.391. The molecule has 0 aliphatic carbocycles. The summed E-state index contributed by atoms with van der Waals surface area (Å²) < 4.78 is 6.02. The van der Waals surface area contributed by atoms with Crippen molar-refractivity contribution in [2.24, 2.45) is 4.99 Å². The lowest BCUT2D eigenvalue weighted by atomic mass is 10.1. The van der Waals surface area contributed by atoms with E-state index in [1.54, 1.807) is 19.2 Å². The molecule has 0 aliphatic heterocycles. The topological polar surface area (TPSA) is 74.8 Å². The van der Waals surface area contributed by atoms with Crippen LogP contribution in [0.3, 0.4) is 0 Å². The van der Waals surface area contributed by atoms with Gasteiger partial charge in [-0.25, -0.2) is 0 Å². The normalized spacial score (nSPS) is 11.6. The first-order valence-corrected chi connectivity index (χ1v) is 9.44. The summed E-state index contributed by atoms with van der Waals surface area (Å²) in [6, 6.07) is 17.1. The number of para-hydroxylation sites is 1. The number of hydrogen-bond donors (Lipinski definition) is 3. The summed E-state index contributed by atoms with van der Waals surface area (Å²) in [7, 11) is 1.72. The van der Waals surface area contributed by atoms with Crippen LogP contribution in [-0.2, 0) is 6.54 Å². The zero-order chi connectivity index (χ0) is 20.4. The third-order valence-corrected chi connectivity index (χ3v) is 3.80. The zero-order valence-electron chi connectivity index (χ0n) is 17.1. The summed E-state index contributed by atoms with van der Waals surface area (Å²) in [6.45, 7) is 7.74. The van der Waals surface area contributed by atoms with Gasteiger partial charge in [0.1, 0.15) is 11.4 Å². The van der Waals surface area contributed by atoms with E-state index in [1.807, 2.05) is 63.2 Å². The first kappa shape index (κ1) is 21.3. The lowest BCUT2D eigenvalue weighted by Crippen LogP contribution is -2.41. The standard InChI is InChI=1S/C22H30N4O2/c1-22(2,3)28-19-13-9-8-12-18(19)16-26-21(23-4)25-15-14-24-20(27)17-10-6-5-7-11-17/h5-13H,14-16H2,1-4H3,(H,24,27)(H2,23,25,26). The van der Waals surface area contributed by atoms with Gasteiger partial charge in [-0.3, -0.25) is 9.79 Å². The molecule has 2 aromatic carbocycles. The minimum absolute atomic E-state index is 0.0846. The highest BCUT2D eigenvalue weighted by atomic mass is 16.5. The number of carbonyl (C=O) groups is 1. The Labute approximate surface area is 167 Å². The van der Waals surface area contributed by atoms with E-state index < -0.39 is 0 Å². The maximum Gasteiger partial charge on any atom is 0.251 e. The Morgan fingerprint density at radius 2 is 1.57 bits per heavy atom. The second-order valence-corrected chi connectivity index (χ2v) is 7.30. The molecule has 0 heterocycles. The number of ether oxygens (including phenoxy) is 1. The highest BCUT2D eigenvalue weighted by Gasteiger charge is 2.14. The number of benzene rings is 2. The first-order chi connectivity index (χ1) is 13.4. The number of guanidine groups is 1. The van der Waals surface area contributed by atoms with Gasteiger partial charge in [0.25, 0.3) is 5.91 Å². The molecule has 0 aliphatic rings. The fourth-order valence-electron chi connectivity index (χ4n) is 2.53. The number of nitrogens with zero attached hydrogens (tertiary/aromatic N) is 1. The molecule has 0 aromatic heterocycles. The summed E-state index contributed by atoms with van der Waals surface area (Å²) in [6.07, 6.45) is 0.